The Bertz CT molecular complexity index is 1400. The molecule has 4 heterocycles. The van der Waals surface area contributed by atoms with Crippen molar-refractivity contribution in [2.75, 3.05) is 25.0 Å². The van der Waals surface area contributed by atoms with E-state index in [4.69, 9.17) is 31.5 Å². The van der Waals surface area contributed by atoms with Gasteiger partial charge in [-0.05, 0) is 30.7 Å². The number of nitrogens with two attached hydrogens (primary N) is 2. The third-order valence-electron chi connectivity index (χ3n) is 5.33. The molecule has 3 aromatic heterocycles. The molecule has 0 amide bonds. The lowest BCUT2D eigenvalue weighted by Crippen LogP contribution is -2.43. The van der Waals surface area contributed by atoms with Crippen molar-refractivity contribution in [3.63, 3.8) is 0 Å². The molecule has 5 N–H and O–H groups in total. The summed E-state index contributed by atoms with van der Waals surface area (Å²) >= 11 is 0. The smallest absolute Gasteiger partial charge is 0.223 e. The molecule has 1 aliphatic rings. The van der Waals surface area contributed by atoms with Crippen LogP contribution in [0.15, 0.2) is 48.5 Å². The van der Waals surface area contributed by atoms with Gasteiger partial charge in [-0.25, -0.2) is 9.97 Å². The number of nitrogens with zero attached hydrogens (tertiary/aromatic N) is 7. The minimum Gasteiger partial charge on any atom is -0.437 e. The first-order chi connectivity index (χ1) is 16.9. The first kappa shape index (κ1) is 23.4. The van der Waals surface area contributed by atoms with Crippen LogP contribution in [-0.4, -0.2) is 50.2 Å². The Morgan fingerprint density at radius 2 is 2.11 bits per heavy atom. The van der Waals surface area contributed by atoms with Gasteiger partial charge in [-0.2, -0.15) is 15.5 Å². The molecule has 1 fully saturated rings. The SMILES string of the molecule is Cc1cc(C#N)ncc1Oc1cc(N/C(N)=C/C=C(\N)N2CCOC(C#N)C2)c2ncn(C)c2n1. The molecule has 35 heavy (non-hydrogen) atoms. The molecule has 0 aliphatic carbocycles. The van der Waals surface area contributed by atoms with E-state index in [1.165, 1.54) is 6.20 Å². The van der Waals surface area contributed by atoms with E-state index in [-0.39, 0.29) is 0 Å². The fourth-order valence-corrected chi connectivity index (χ4v) is 3.49. The summed E-state index contributed by atoms with van der Waals surface area (Å²) in [5.41, 5.74) is 15.2. The molecule has 12 nitrogen and oxygen atoms in total. The number of hydrogen-bond donors (Lipinski definition) is 3. The third-order valence-corrected chi connectivity index (χ3v) is 5.33. The van der Waals surface area contributed by atoms with E-state index in [0.717, 1.165) is 5.56 Å². The average molecular weight is 473 g/mol. The van der Waals surface area contributed by atoms with Crippen LogP contribution >= 0.6 is 0 Å². The van der Waals surface area contributed by atoms with Crippen LogP contribution in [0.4, 0.5) is 5.69 Å². The Morgan fingerprint density at radius 3 is 2.86 bits per heavy atom. The molecule has 4 rings (SSSR count). The summed E-state index contributed by atoms with van der Waals surface area (Å²) in [5.74, 6) is 1.57. The van der Waals surface area contributed by atoms with Crippen LogP contribution in [0.5, 0.6) is 11.6 Å². The second-order valence-corrected chi connectivity index (χ2v) is 7.86. The maximum Gasteiger partial charge on any atom is 0.223 e. The molecule has 1 aliphatic heterocycles. The van der Waals surface area contributed by atoms with Crippen molar-refractivity contribution in [3.05, 3.63) is 59.7 Å². The van der Waals surface area contributed by atoms with Crippen molar-refractivity contribution in [1.29, 1.82) is 10.5 Å². The summed E-state index contributed by atoms with van der Waals surface area (Å²) in [7, 11) is 1.82. The predicted molar refractivity (Wildman–Crippen MR) is 127 cm³/mol. The highest BCUT2D eigenvalue weighted by Crippen LogP contribution is 2.30. The summed E-state index contributed by atoms with van der Waals surface area (Å²) in [4.78, 5) is 14.9. The van der Waals surface area contributed by atoms with E-state index in [2.05, 4.69) is 26.3 Å². The number of rotatable bonds is 6. The lowest BCUT2D eigenvalue weighted by molar-refractivity contribution is 0.0135. The first-order valence-corrected chi connectivity index (χ1v) is 10.7. The minimum atomic E-state index is -0.516. The van der Waals surface area contributed by atoms with Gasteiger partial charge in [0.1, 0.15) is 23.1 Å². The zero-order valence-corrected chi connectivity index (χ0v) is 19.3. The molecule has 1 saturated heterocycles. The minimum absolute atomic E-state index is 0.303. The Morgan fingerprint density at radius 1 is 1.29 bits per heavy atom. The number of nitriles is 2. The number of pyridine rings is 2. The maximum absolute atomic E-state index is 9.07. The molecule has 0 saturated carbocycles. The van der Waals surface area contributed by atoms with E-state index in [9.17, 15) is 0 Å². The number of ether oxygens (including phenoxy) is 2. The second-order valence-electron chi connectivity index (χ2n) is 7.86. The normalized spacial score (nSPS) is 16.6. The van der Waals surface area contributed by atoms with Gasteiger partial charge in [-0.3, -0.25) is 0 Å². The average Bonchev–Trinajstić information content (AvgIpc) is 3.24. The Labute approximate surface area is 201 Å². The summed E-state index contributed by atoms with van der Waals surface area (Å²) in [6.07, 6.45) is 5.92. The number of imidazole rings is 1. The molecule has 0 radical (unpaired) electrons. The van der Waals surface area contributed by atoms with Gasteiger partial charge < -0.3 is 35.7 Å². The van der Waals surface area contributed by atoms with Crippen LogP contribution in [0.3, 0.4) is 0 Å². The van der Waals surface area contributed by atoms with Crippen molar-refractivity contribution in [2.24, 2.45) is 18.5 Å². The van der Waals surface area contributed by atoms with Gasteiger partial charge in [0, 0.05) is 19.7 Å². The highest BCUT2D eigenvalue weighted by Gasteiger charge is 2.20. The molecule has 1 atom stereocenters. The molecule has 0 spiro atoms. The van der Waals surface area contributed by atoms with Gasteiger partial charge in [-0.15, -0.1) is 0 Å². The zero-order valence-electron chi connectivity index (χ0n) is 19.3. The van der Waals surface area contributed by atoms with Crippen molar-refractivity contribution in [2.45, 2.75) is 13.0 Å². The van der Waals surface area contributed by atoms with Gasteiger partial charge >= 0.3 is 0 Å². The summed E-state index contributed by atoms with van der Waals surface area (Å²) in [6.45, 7) is 3.23. The highest BCUT2D eigenvalue weighted by molar-refractivity contribution is 5.87. The third kappa shape index (κ3) is 5.24. The Balaban J connectivity index is 1.58. The molecule has 1 unspecified atom stereocenters. The lowest BCUT2D eigenvalue weighted by Gasteiger charge is -2.31. The maximum atomic E-state index is 9.07. The molecular weight excluding hydrogens is 448 g/mol. The predicted octanol–water partition coefficient (Wildman–Crippen LogP) is 1.57. The van der Waals surface area contributed by atoms with Crippen LogP contribution in [0.25, 0.3) is 11.2 Å². The van der Waals surface area contributed by atoms with E-state index in [1.54, 1.807) is 35.2 Å². The number of nitrogens with one attached hydrogen (secondary N) is 1. The first-order valence-electron chi connectivity index (χ1n) is 10.7. The van der Waals surface area contributed by atoms with E-state index >= 15 is 0 Å². The Hall–Kier alpha value is -4.81. The van der Waals surface area contributed by atoms with Crippen LogP contribution in [-0.2, 0) is 11.8 Å². The van der Waals surface area contributed by atoms with Crippen LogP contribution in [0.1, 0.15) is 11.3 Å². The lowest BCUT2D eigenvalue weighted by atomic mass is 10.2. The largest absolute Gasteiger partial charge is 0.437 e. The van der Waals surface area contributed by atoms with Crippen molar-refractivity contribution in [3.8, 4) is 23.8 Å². The fraction of sp³-hybridized carbons (Fsp3) is 0.261. The summed E-state index contributed by atoms with van der Waals surface area (Å²) in [5, 5.41) is 21.2. The Kier molecular flexibility index (Phi) is 6.66. The van der Waals surface area contributed by atoms with Gasteiger partial charge in [0.15, 0.2) is 17.5 Å². The van der Waals surface area contributed by atoms with Gasteiger partial charge in [0.2, 0.25) is 5.88 Å². The van der Waals surface area contributed by atoms with E-state index in [1.807, 2.05) is 24.9 Å². The highest BCUT2D eigenvalue weighted by atomic mass is 16.5. The molecule has 178 valence electrons. The van der Waals surface area contributed by atoms with E-state index < -0.39 is 6.10 Å². The number of hydrogen-bond acceptors (Lipinski definition) is 11. The zero-order chi connectivity index (χ0) is 24.9. The summed E-state index contributed by atoms with van der Waals surface area (Å²) < 4.78 is 13.1. The van der Waals surface area contributed by atoms with E-state index in [0.29, 0.717) is 65.5 Å². The number of morpholine rings is 1. The van der Waals surface area contributed by atoms with Crippen molar-refractivity contribution >= 4 is 16.9 Å². The standard InChI is InChI=1S/C23H24N10O2/c1-14-7-15(9-24)28-11-18(14)35-21-8-17(22-23(31-21)32(2)13-29-22)30-19(26)3-4-20(27)33-5-6-34-16(10-25)12-33/h3-4,7-8,11,13,16H,5-6,12,26-27H2,1-2H3,(H,30,31)/b19-3+,20-4+. The number of anilines is 1. The second kappa shape index (κ2) is 9.99. The van der Waals surface area contributed by atoms with Crippen LogP contribution in [0.2, 0.25) is 0 Å². The van der Waals surface area contributed by atoms with Crippen molar-refractivity contribution < 1.29 is 9.47 Å². The molecule has 0 bridgehead atoms. The number of fused-ring (bicyclic) bond motifs is 1. The van der Waals surface area contributed by atoms with Gasteiger partial charge in [-0.1, -0.05) is 0 Å². The topological polar surface area (TPSA) is 177 Å². The van der Waals surface area contributed by atoms with Gasteiger partial charge in [0.25, 0.3) is 0 Å². The molecule has 3 aromatic rings. The quantitative estimate of drug-likeness (QED) is 0.444. The molecule has 12 heteroatoms. The number of aryl methyl sites for hydroxylation is 2. The van der Waals surface area contributed by atoms with Crippen molar-refractivity contribution in [1.82, 2.24) is 24.4 Å². The fourth-order valence-electron chi connectivity index (χ4n) is 3.49. The molecule has 0 aromatic carbocycles. The van der Waals surface area contributed by atoms with Crippen LogP contribution < -0.4 is 21.5 Å². The molecular formula is C23H24N10O2. The summed E-state index contributed by atoms with van der Waals surface area (Å²) in [6, 6.07) is 7.42. The number of allylic oxidation sites excluding steroid dienone is 2. The van der Waals surface area contributed by atoms with Gasteiger partial charge in [0.05, 0.1) is 43.3 Å². The van der Waals surface area contributed by atoms with Crippen LogP contribution in [0, 0.1) is 29.6 Å². The number of aromatic nitrogens is 4. The monoisotopic (exact) mass is 472 g/mol.